The van der Waals surface area contributed by atoms with Gasteiger partial charge in [-0.25, -0.2) is 0 Å². The molecular weight excluding hydrogens is 316 g/mol. The number of benzene rings is 1. The molecule has 100 valence electrons. The minimum atomic E-state index is 0.165. The van der Waals surface area contributed by atoms with Crippen LogP contribution in [-0.2, 0) is 0 Å². The number of alkyl halides is 1. The number of halogens is 2. The summed E-state index contributed by atoms with van der Waals surface area (Å²) in [5, 5.41) is 1.35. The number of carbonyl (C=O) groups excluding carboxylic acids is 1. The second-order valence-corrected chi connectivity index (χ2v) is 6.39. The fourth-order valence-electron chi connectivity index (χ4n) is 1.42. The van der Waals surface area contributed by atoms with Gasteiger partial charge >= 0.3 is 0 Å². The van der Waals surface area contributed by atoms with E-state index in [9.17, 15) is 4.79 Å². The quantitative estimate of drug-likeness (QED) is 0.582. The SMILES string of the molecule is CC(C)(C)C(CBr)COc1ccc(C=O)cc1Cl. The summed E-state index contributed by atoms with van der Waals surface area (Å²) in [6.07, 6.45) is 0.770. The molecule has 1 atom stereocenters. The van der Waals surface area contributed by atoms with Gasteiger partial charge < -0.3 is 4.74 Å². The summed E-state index contributed by atoms with van der Waals surface area (Å²) < 4.78 is 5.74. The molecule has 18 heavy (non-hydrogen) atoms. The normalized spacial score (nSPS) is 13.2. The molecular formula is C14H18BrClO2. The van der Waals surface area contributed by atoms with Gasteiger partial charge in [0.15, 0.2) is 0 Å². The molecule has 2 nitrogen and oxygen atoms in total. The van der Waals surface area contributed by atoms with Gasteiger partial charge in [-0.3, -0.25) is 4.79 Å². The zero-order valence-electron chi connectivity index (χ0n) is 10.9. The summed E-state index contributed by atoms with van der Waals surface area (Å²) in [6.45, 7) is 7.13. The Hall–Kier alpha value is -0.540. The molecule has 0 radical (unpaired) electrons. The van der Waals surface area contributed by atoms with Crippen molar-refractivity contribution in [2.45, 2.75) is 20.8 Å². The van der Waals surface area contributed by atoms with E-state index in [0.29, 0.717) is 28.9 Å². The Balaban J connectivity index is 2.71. The second kappa shape index (κ2) is 6.58. The van der Waals surface area contributed by atoms with Crippen LogP contribution in [0.3, 0.4) is 0 Å². The molecule has 1 aromatic carbocycles. The minimum Gasteiger partial charge on any atom is -0.492 e. The minimum absolute atomic E-state index is 0.165. The van der Waals surface area contributed by atoms with Crippen LogP contribution in [0.25, 0.3) is 0 Å². The van der Waals surface area contributed by atoms with Gasteiger partial charge in [0.2, 0.25) is 0 Å². The van der Waals surface area contributed by atoms with Crippen LogP contribution in [-0.4, -0.2) is 18.2 Å². The molecule has 0 amide bonds. The van der Waals surface area contributed by atoms with E-state index < -0.39 is 0 Å². The monoisotopic (exact) mass is 332 g/mol. The second-order valence-electron chi connectivity index (χ2n) is 5.34. The molecule has 1 aromatic rings. The fraction of sp³-hybridized carbons (Fsp3) is 0.500. The smallest absolute Gasteiger partial charge is 0.150 e. The van der Waals surface area contributed by atoms with E-state index in [1.165, 1.54) is 0 Å². The van der Waals surface area contributed by atoms with Crippen LogP contribution in [0.1, 0.15) is 31.1 Å². The largest absolute Gasteiger partial charge is 0.492 e. The Kier molecular flexibility index (Phi) is 5.67. The first kappa shape index (κ1) is 15.5. The first-order chi connectivity index (χ1) is 8.38. The highest BCUT2D eigenvalue weighted by atomic mass is 79.9. The predicted molar refractivity (Wildman–Crippen MR) is 79.1 cm³/mol. The van der Waals surface area contributed by atoms with Gasteiger partial charge in [-0.05, 0) is 23.6 Å². The summed E-state index contributed by atoms with van der Waals surface area (Å²) in [5.74, 6) is 1.01. The zero-order valence-corrected chi connectivity index (χ0v) is 13.2. The van der Waals surface area contributed by atoms with Crippen molar-refractivity contribution in [3.63, 3.8) is 0 Å². The molecule has 4 heteroatoms. The molecule has 1 unspecified atom stereocenters. The van der Waals surface area contributed by atoms with Crippen molar-refractivity contribution in [3.8, 4) is 5.75 Å². The van der Waals surface area contributed by atoms with Gasteiger partial charge in [0, 0.05) is 16.8 Å². The molecule has 0 saturated carbocycles. The zero-order chi connectivity index (χ0) is 13.8. The summed E-state index contributed by atoms with van der Waals surface area (Å²) in [5.41, 5.74) is 0.721. The highest BCUT2D eigenvalue weighted by molar-refractivity contribution is 9.09. The summed E-state index contributed by atoms with van der Waals surface area (Å²) in [7, 11) is 0. The number of rotatable bonds is 5. The van der Waals surface area contributed by atoms with Crippen LogP contribution in [0.2, 0.25) is 5.02 Å². The maximum Gasteiger partial charge on any atom is 0.150 e. The highest BCUT2D eigenvalue weighted by Crippen LogP contribution is 2.30. The summed E-state index contributed by atoms with van der Waals surface area (Å²) in [6, 6.07) is 5.05. The molecule has 0 N–H and O–H groups in total. The Morgan fingerprint density at radius 1 is 1.44 bits per heavy atom. The average Bonchev–Trinajstić information content (AvgIpc) is 2.29. The molecule has 0 aliphatic heterocycles. The Morgan fingerprint density at radius 2 is 2.11 bits per heavy atom. The van der Waals surface area contributed by atoms with Crippen LogP contribution in [0, 0.1) is 11.3 Å². The van der Waals surface area contributed by atoms with Crippen molar-refractivity contribution in [1.29, 1.82) is 0 Å². The van der Waals surface area contributed by atoms with E-state index in [4.69, 9.17) is 16.3 Å². The predicted octanol–water partition coefficient (Wildman–Crippen LogP) is 4.59. The maximum absolute atomic E-state index is 10.6. The maximum atomic E-state index is 10.6. The molecule has 1 rings (SSSR count). The lowest BCUT2D eigenvalue weighted by atomic mass is 9.83. The van der Waals surface area contributed by atoms with Crippen molar-refractivity contribution in [2.75, 3.05) is 11.9 Å². The lowest BCUT2D eigenvalue weighted by Crippen LogP contribution is -2.27. The lowest BCUT2D eigenvalue weighted by molar-refractivity contribution is 0.112. The van der Waals surface area contributed by atoms with E-state index in [-0.39, 0.29) is 5.41 Å². The Labute approximate surface area is 122 Å². The third kappa shape index (κ3) is 4.29. The van der Waals surface area contributed by atoms with Crippen molar-refractivity contribution in [1.82, 2.24) is 0 Å². The van der Waals surface area contributed by atoms with Gasteiger partial charge in [0.1, 0.15) is 12.0 Å². The van der Waals surface area contributed by atoms with Crippen LogP contribution in [0.5, 0.6) is 5.75 Å². The van der Waals surface area contributed by atoms with Gasteiger partial charge in [-0.2, -0.15) is 0 Å². The third-order valence-corrected chi connectivity index (χ3v) is 4.02. The number of aldehydes is 1. The average molecular weight is 334 g/mol. The molecule has 0 aromatic heterocycles. The first-order valence-corrected chi connectivity index (χ1v) is 7.32. The van der Waals surface area contributed by atoms with Gasteiger partial charge in [0.25, 0.3) is 0 Å². The van der Waals surface area contributed by atoms with Crippen molar-refractivity contribution >= 4 is 33.8 Å². The number of ether oxygens (including phenoxy) is 1. The Morgan fingerprint density at radius 3 is 2.56 bits per heavy atom. The number of carbonyl (C=O) groups is 1. The van der Waals surface area contributed by atoms with E-state index in [1.54, 1.807) is 18.2 Å². The van der Waals surface area contributed by atoms with E-state index in [1.807, 2.05) is 0 Å². The van der Waals surface area contributed by atoms with E-state index in [2.05, 4.69) is 36.7 Å². The highest BCUT2D eigenvalue weighted by Gasteiger charge is 2.24. The summed E-state index contributed by atoms with van der Waals surface area (Å²) >= 11 is 9.56. The van der Waals surface area contributed by atoms with Gasteiger partial charge in [-0.15, -0.1) is 0 Å². The molecule has 0 bridgehead atoms. The van der Waals surface area contributed by atoms with E-state index in [0.717, 1.165) is 11.6 Å². The standard InChI is InChI=1S/C14H18BrClO2/c1-14(2,3)11(7-15)9-18-13-5-4-10(8-17)6-12(13)16/h4-6,8,11H,7,9H2,1-3H3. The molecule has 0 spiro atoms. The van der Waals surface area contributed by atoms with Crippen LogP contribution >= 0.6 is 27.5 Å². The lowest BCUT2D eigenvalue weighted by Gasteiger charge is -2.29. The summed E-state index contributed by atoms with van der Waals surface area (Å²) in [4.78, 5) is 10.6. The van der Waals surface area contributed by atoms with Crippen LogP contribution in [0.15, 0.2) is 18.2 Å². The fourth-order valence-corrected chi connectivity index (χ4v) is 2.83. The number of hydrogen-bond acceptors (Lipinski definition) is 2. The van der Waals surface area contributed by atoms with Crippen molar-refractivity contribution < 1.29 is 9.53 Å². The molecule has 0 saturated heterocycles. The van der Waals surface area contributed by atoms with Gasteiger partial charge in [0.05, 0.1) is 11.6 Å². The van der Waals surface area contributed by atoms with Crippen molar-refractivity contribution in [3.05, 3.63) is 28.8 Å². The molecule has 0 aliphatic carbocycles. The molecule has 0 aliphatic rings. The van der Waals surface area contributed by atoms with Gasteiger partial charge in [-0.1, -0.05) is 48.3 Å². The molecule has 0 fully saturated rings. The Bertz CT molecular complexity index is 413. The molecule has 0 heterocycles. The topological polar surface area (TPSA) is 26.3 Å². The number of hydrogen-bond donors (Lipinski definition) is 0. The van der Waals surface area contributed by atoms with Crippen molar-refractivity contribution in [2.24, 2.45) is 11.3 Å². The van der Waals surface area contributed by atoms with E-state index >= 15 is 0 Å². The van der Waals surface area contributed by atoms with Crippen LogP contribution in [0.4, 0.5) is 0 Å². The first-order valence-electron chi connectivity index (χ1n) is 5.82. The third-order valence-electron chi connectivity index (χ3n) is 2.94. The van der Waals surface area contributed by atoms with Crippen LogP contribution < -0.4 is 4.74 Å².